The highest BCUT2D eigenvalue weighted by Crippen LogP contribution is 2.31. The molecule has 6 heteroatoms. The number of benzene rings is 2. The molecule has 0 radical (unpaired) electrons. The zero-order valence-electron chi connectivity index (χ0n) is 14.3. The first-order valence-corrected chi connectivity index (χ1v) is 8.85. The number of aryl methyl sites for hydroxylation is 1. The molecule has 1 aromatic heterocycles. The Morgan fingerprint density at radius 1 is 1.16 bits per heavy atom. The highest BCUT2D eigenvalue weighted by molar-refractivity contribution is 9.10. The van der Waals surface area contributed by atoms with Crippen molar-refractivity contribution in [3.63, 3.8) is 0 Å². The lowest BCUT2D eigenvalue weighted by Crippen LogP contribution is -2.28. The van der Waals surface area contributed by atoms with Gasteiger partial charge in [0.1, 0.15) is 5.75 Å². The fourth-order valence-corrected chi connectivity index (χ4v) is 4.04. The molecule has 2 aromatic carbocycles. The average molecular weight is 400 g/mol. The van der Waals surface area contributed by atoms with Gasteiger partial charge < -0.3 is 9.64 Å². The van der Waals surface area contributed by atoms with Crippen LogP contribution in [0, 0.1) is 6.92 Å². The van der Waals surface area contributed by atoms with Gasteiger partial charge in [0.2, 0.25) is 5.95 Å². The monoisotopic (exact) mass is 399 g/mol. The van der Waals surface area contributed by atoms with Crippen LogP contribution >= 0.6 is 15.9 Å². The summed E-state index contributed by atoms with van der Waals surface area (Å²) in [6.07, 6.45) is 0. The van der Waals surface area contributed by atoms with E-state index >= 15 is 0 Å². The predicted octanol–water partition coefficient (Wildman–Crippen LogP) is 3.53. The van der Waals surface area contributed by atoms with E-state index in [1.54, 1.807) is 18.7 Å². The molecule has 0 saturated heterocycles. The highest BCUT2D eigenvalue weighted by atomic mass is 79.9. The summed E-state index contributed by atoms with van der Waals surface area (Å²) >= 11 is 3.55. The maximum atomic E-state index is 12.8. The molecular weight excluding hydrogens is 382 g/mol. The fraction of sp³-hybridized carbons (Fsp3) is 0.263. The third kappa shape index (κ3) is 2.61. The van der Waals surface area contributed by atoms with Crippen LogP contribution in [0.4, 0.5) is 5.95 Å². The summed E-state index contributed by atoms with van der Waals surface area (Å²) < 4.78 is 7.80. The van der Waals surface area contributed by atoms with Crippen LogP contribution in [0.5, 0.6) is 5.75 Å². The number of hydrogen-bond donors (Lipinski definition) is 0. The molecule has 0 bridgehead atoms. The average Bonchev–Trinajstić information content (AvgIpc) is 3.01. The summed E-state index contributed by atoms with van der Waals surface area (Å²) in [5.74, 6) is 1.52. The third-order valence-corrected chi connectivity index (χ3v) is 5.28. The molecular formula is C19H18BrN3O2. The Labute approximate surface area is 154 Å². The van der Waals surface area contributed by atoms with E-state index in [4.69, 9.17) is 9.72 Å². The SMILES string of the molecule is COc1ccc2c(c1)CN(c1nc3c(Br)cc(C)cc3c(=O)n1C)C2. The van der Waals surface area contributed by atoms with Gasteiger partial charge in [0.25, 0.3) is 5.56 Å². The summed E-state index contributed by atoms with van der Waals surface area (Å²) in [6, 6.07) is 9.97. The summed E-state index contributed by atoms with van der Waals surface area (Å²) in [5, 5.41) is 0.636. The van der Waals surface area contributed by atoms with Crippen molar-refractivity contribution < 1.29 is 4.74 Å². The van der Waals surface area contributed by atoms with Crippen LogP contribution in [0.1, 0.15) is 16.7 Å². The van der Waals surface area contributed by atoms with Gasteiger partial charge in [-0.3, -0.25) is 9.36 Å². The lowest BCUT2D eigenvalue weighted by molar-refractivity contribution is 0.414. The van der Waals surface area contributed by atoms with Crippen molar-refractivity contribution in [1.82, 2.24) is 9.55 Å². The second-order valence-electron chi connectivity index (χ2n) is 6.41. The van der Waals surface area contributed by atoms with Gasteiger partial charge in [-0.1, -0.05) is 6.07 Å². The molecule has 0 N–H and O–H groups in total. The van der Waals surface area contributed by atoms with Crippen molar-refractivity contribution >= 4 is 32.8 Å². The van der Waals surface area contributed by atoms with Gasteiger partial charge in [0.15, 0.2) is 0 Å². The quantitative estimate of drug-likeness (QED) is 0.661. The first-order chi connectivity index (χ1) is 12.0. The van der Waals surface area contributed by atoms with E-state index in [1.807, 2.05) is 31.2 Å². The molecule has 0 amide bonds. The first kappa shape index (κ1) is 16.1. The number of aromatic nitrogens is 2. The highest BCUT2D eigenvalue weighted by Gasteiger charge is 2.24. The molecule has 0 spiro atoms. The van der Waals surface area contributed by atoms with Crippen molar-refractivity contribution in [2.75, 3.05) is 12.0 Å². The van der Waals surface area contributed by atoms with Gasteiger partial charge in [0, 0.05) is 24.6 Å². The van der Waals surface area contributed by atoms with E-state index in [1.165, 1.54) is 11.1 Å². The number of methoxy groups -OCH3 is 1. The maximum Gasteiger partial charge on any atom is 0.262 e. The number of rotatable bonds is 2. The predicted molar refractivity (Wildman–Crippen MR) is 102 cm³/mol. The van der Waals surface area contributed by atoms with Crippen molar-refractivity contribution in [2.24, 2.45) is 7.05 Å². The number of fused-ring (bicyclic) bond motifs is 2. The number of anilines is 1. The third-order valence-electron chi connectivity index (χ3n) is 4.67. The van der Waals surface area contributed by atoms with Crippen LogP contribution in [-0.4, -0.2) is 16.7 Å². The molecule has 0 atom stereocenters. The molecule has 0 unspecified atom stereocenters. The molecule has 0 fully saturated rings. The largest absolute Gasteiger partial charge is 0.497 e. The minimum absolute atomic E-state index is 0.0297. The minimum atomic E-state index is -0.0297. The zero-order valence-corrected chi connectivity index (χ0v) is 15.9. The van der Waals surface area contributed by atoms with Crippen LogP contribution in [0.25, 0.3) is 10.9 Å². The van der Waals surface area contributed by atoms with Gasteiger partial charge in [-0.15, -0.1) is 0 Å². The van der Waals surface area contributed by atoms with E-state index in [0.717, 1.165) is 22.3 Å². The summed E-state index contributed by atoms with van der Waals surface area (Å²) in [4.78, 5) is 19.8. The van der Waals surface area contributed by atoms with Crippen LogP contribution in [0.15, 0.2) is 39.6 Å². The van der Waals surface area contributed by atoms with Gasteiger partial charge >= 0.3 is 0 Å². The summed E-state index contributed by atoms with van der Waals surface area (Å²) in [7, 11) is 3.45. The molecule has 128 valence electrons. The molecule has 1 aliphatic heterocycles. The summed E-state index contributed by atoms with van der Waals surface area (Å²) in [5.41, 5.74) is 4.15. The van der Waals surface area contributed by atoms with Crippen molar-refractivity contribution in [3.05, 3.63) is 61.8 Å². The molecule has 3 aromatic rings. The Bertz CT molecular complexity index is 1060. The fourth-order valence-electron chi connectivity index (χ4n) is 3.38. The first-order valence-electron chi connectivity index (χ1n) is 8.05. The Morgan fingerprint density at radius 3 is 2.68 bits per heavy atom. The van der Waals surface area contributed by atoms with Crippen LogP contribution < -0.4 is 15.2 Å². The molecule has 5 nitrogen and oxygen atoms in total. The number of hydrogen-bond acceptors (Lipinski definition) is 4. The van der Waals surface area contributed by atoms with Crippen LogP contribution in [0.3, 0.4) is 0 Å². The normalized spacial score (nSPS) is 13.4. The Morgan fingerprint density at radius 2 is 1.92 bits per heavy atom. The molecule has 1 aliphatic rings. The molecule has 0 aliphatic carbocycles. The molecule has 2 heterocycles. The number of ether oxygens (including phenoxy) is 1. The van der Waals surface area contributed by atoms with E-state index in [-0.39, 0.29) is 5.56 Å². The van der Waals surface area contributed by atoms with Crippen LogP contribution in [0.2, 0.25) is 0 Å². The minimum Gasteiger partial charge on any atom is -0.497 e. The van der Waals surface area contributed by atoms with E-state index in [0.29, 0.717) is 23.4 Å². The molecule has 25 heavy (non-hydrogen) atoms. The number of nitrogens with zero attached hydrogens (tertiary/aromatic N) is 3. The van der Waals surface area contributed by atoms with E-state index in [2.05, 4.69) is 26.9 Å². The zero-order chi connectivity index (χ0) is 17.7. The standard InChI is InChI=1S/C19H18BrN3O2/c1-11-6-15-17(16(20)7-11)21-19(22(2)18(15)24)23-9-12-4-5-14(25-3)8-13(12)10-23/h4-8H,9-10H2,1-3H3. The second-order valence-corrected chi connectivity index (χ2v) is 7.26. The summed E-state index contributed by atoms with van der Waals surface area (Å²) in [6.45, 7) is 3.42. The molecule has 4 rings (SSSR count). The van der Waals surface area contributed by atoms with E-state index < -0.39 is 0 Å². The Kier molecular flexibility index (Phi) is 3.80. The lowest BCUT2D eigenvalue weighted by atomic mass is 10.1. The Balaban J connectivity index is 1.83. The van der Waals surface area contributed by atoms with Gasteiger partial charge in [-0.25, -0.2) is 4.98 Å². The van der Waals surface area contributed by atoms with Gasteiger partial charge in [0.05, 0.1) is 18.0 Å². The second kappa shape index (κ2) is 5.88. The van der Waals surface area contributed by atoms with Crippen molar-refractivity contribution in [3.8, 4) is 5.75 Å². The number of halogens is 1. The van der Waals surface area contributed by atoms with E-state index in [9.17, 15) is 4.79 Å². The molecule has 0 saturated carbocycles. The smallest absolute Gasteiger partial charge is 0.262 e. The lowest BCUT2D eigenvalue weighted by Gasteiger charge is -2.20. The van der Waals surface area contributed by atoms with Crippen LogP contribution in [-0.2, 0) is 20.1 Å². The Hall–Kier alpha value is -2.34. The van der Waals surface area contributed by atoms with Gasteiger partial charge in [-0.05, 0) is 63.8 Å². The van der Waals surface area contributed by atoms with Gasteiger partial charge in [-0.2, -0.15) is 0 Å². The maximum absolute atomic E-state index is 12.8. The van der Waals surface area contributed by atoms with Crippen molar-refractivity contribution in [1.29, 1.82) is 0 Å². The van der Waals surface area contributed by atoms with Crippen molar-refractivity contribution in [2.45, 2.75) is 20.0 Å². The topological polar surface area (TPSA) is 47.4 Å².